The highest BCUT2D eigenvalue weighted by atomic mass is 16.6. The van der Waals surface area contributed by atoms with Crippen molar-refractivity contribution in [3.05, 3.63) is 48.0 Å². The quantitative estimate of drug-likeness (QED) is 0.155. The number of fused-ring (bicyclic) bond motifs is 2. The highest BCUT2D eigenvalue weighted by Gasteiger charge is 2.21. The number of esters is 2. The number of benzene rings is 3. The lowest BCUT2D eigenvalue weighted by atomic mass is 9.99. The van der Waals surface area contributed by atoms with Crippen LogP contribution >= 0.6 is 0 Å². The van der Waals surface area contributed by atoms with Crippen LogP contribution in [0.4, 0.5) is 0 Å². The summed E-state index contributed by atoms with van der Waals surface area (Å²) in [4.78, 5) is 24.6. The van der Waals surface area contributed by atoms with Crippen LogP contribution in [0.1, 0.15) is 72.8 Å². The van der Waals surface area contributed by atoms with Crippen LogP contribution in [0.5, 0.6) is 11.5 Å². The number of carbonyl (C=O) groups excluding carboxylic acids is 2. The van der Waals surface area contributed by atoms with Gasteiger partial charge in [0.1, 0.15) is 36.9 Å². The minimum Gasteiger partial charge on any atom is -0.488 e. The number of ether oxygens (including phenoxy) is 4. The Morgan fingerprint density at radius 3 is 1.54 bits per heavy atom. The summed E-state index contributed by atoms with van der Waals surface area (Å²) in [6.07, 6.45) is 1.43. The second-order valence-corrected chi connectivity index (χ2v) is 11.1. The molecule has 0 amide bonds. The van der Waals surface area contributed by atoms with Crippen molar-refractivity contribution < 1.29 is 28.5 Å². The van der Waals surface area contributed by atoms with Gasteiger partial charge in [0.25, 0.3) is 0 Å². The summed E-state index contributed by atoms with van der Waals surface area (Å²) in [5, 5.41) is 3.68. The van der Waals surface area contributed by atoms with E-state index in [-0.39, 0.29) is 49.2 Å². The largest absolute Gasteiger partial charge is 0.488 e. The maximum absolute atomic E-state index is 12.3. The lowest BCUT2D eigenvalue weighted by Crippen LogP contribution is -2.25. The van der Waals surface area contributed by atoms with E-state index >= 15 is 0 Å². The summed E-state index contributed by atoms with van der Waals surface area (Å²) in [6, 6.07) is 14.2. The molecule has 0 radical (unpaired) electrons. The maximum Gasteiger partial charge on any atom is 0.306 e. The van der Waals surface area contributed by atoms with Gasteiger partial charge in [0.05, 0.1) is 0 Å². The molecule has 6 heteroatoms. The van der Waals surface area contributed by atoms with Crippen molar-refractivity contribution in [3.63, 3.8) is 0 Å². The second-order valence-electron chi connectivity index (χ2n) is 11.1. The van der Waals surface area contributed by atoms with E-state index in [4.69, 9.17) is 18.9 Å². The van der Waals surface area contributed by atoms with Crippen molar-refractivity contribution in [2.24, 2.45) is 11.8 Å². The first-order chi connectivity index (χ1) is 18.6. The first-order valence-corrected chi connectivity index (χ1v) is 14.2. The highest BCUT2D eigenvalue weighted by Crippen LogP contribution is 2.43. The fourth-order valence-corrected chi connectivity index (χ4v) is 4.48. The van der Waals surface area contributed by atoms with Crippen molar-refractivity contribution in [1.29, 1.82) is 0 Å². The standard InChI is InChI=1S/C33H44O6/c1-8-24(38-30(34)16-21(3)4)19-36-32-26-12-10-11-13-27(26)33(29-18-23(7)14-15-28(29)32)37-20-25(9-2)39-31(35)17-22(5)6/h10-15,18,21-22,24-25H,8-9,16-17,19-20H2,1-7H3. The fourth-order valence-electron chi connectivity index (χ4n) is 4.48. The van der Waals surface area contributed by atoms with E-state index in [1.54, 1.807) is 0 Å². The summed E-state index contributed by atoms with van der Waals surface area (Å²) in [7, 11) is 0. The molecule has 3 aromatic carbocycles. The van der Waals surface area contributed by atoms with Gasteiger partial charge in [-0.3, -0.25) is 9.59 Å². The van der Waals surface area contributed by atoms with Gasteiger partial charge in [-0.1, -0.05) is 83.5 Å². The van der Waals surface area contributed by atoms with Crippen molar-refractivity contribution in [3.8, 4) is 11.5 Å². The van der Waals surface area contributed by atoms with Crippen LogP contribution in [-0.2, 0) is 19.1 Å². The normalized spacial score (nSPS) is 13.1. The van der Waals surface area contributed by atoms with E-state index in [1.807, 2.05) is 78.8 Å². The molecule has 0 bridgehead atoms. The molecule has 2 unspecified atom stereocenters. The molecule has 6 nitrogen and oxygen atoms in total. The molecule has 0 saturated carbocycles. The lowest BCUT2D eigenvalue weighted by molar-refractivity contribution is -0.152. The zero-order valence-corrected chi connectivity index (χ0v) is 24.5. The molecule has 3 aromatic rings. The highest BCUT2D eigenvalue weighted by molar-refractivity contribution is 6.11. The molecule has 39 heavy (non-hydrogen) atoms. The minimum absolute atomic E-state index is 0.200. The zero-order chi connectivity index (χ0) is 28.5. The van der Waals surface area contributed by atoms with E-state index in [0.29, 0.717) is 25.7 Å². The molecular formula is C33H44O6. The van der Waals surface area contributed by atoms with Gasteiger partial charge in [0, 0.05) is 34.4 Å². The smallest absolute Gasteiger partial charge is 0.306 e. The monoisotopic (exact) mass is 536 g/mol. The number of hydrogen-bond donors (Lipinski definition) is 0. The molecule has 0 aromatic heterocycles. The van der Waals surface area contributed by atoms with E-state index in [1.165, 1.54) is 0 Å². The van der Waals surface area contributed by atoms with Gasteiger partial charge in [-0.15, -0.1) is 0 Å². The topological polar surface area (TPSA) is 71.1 Å². The summed E-state index contributed by atoms with van der Waals surface area (Å²) >= 11 is 0. The molecular weight excluding hydrogens is 492 g/mol. The molecule has 0 aliphatic rings. The average Bonchev–Trinajstić information content (AvgIpc) is 2.87. The second kappa shape index (κ2) is 14.2. The van der Waals surface area contributed by atoms with Crippen molar-refractivity contribution in [2.45, 2.75) is 86.4 Å². The number of rotatable bonds is 14. The first-order valence-electron chi connectivity index (χ1n) is 14.2. The molecule has 0 heterocycles. The Morgan fingerprint density at radius 2 is 1.10 bits per heavy atom. The predicted molar refractivity (Wildman–Crippen MR) is 156 cm³/mol. The van der Waals surface area contributed by atoms with Crippen LogP contribution in [0.15, 0.2) is 42.5 Å². The molecule has 212 valence electrons. The van der Waals surface area contributed by atoms with Crippen LogP contribution in [0.2, 0.25) is 0 Å². The van der Waals surface area contributed by atoms with Gasteiger partial charge in [-0.05, 0) is 37.7 Å². The van der Waals surface area contributed by atoms with Crippen LogP contribution in [0, 0.1) is 18.8 Å². The van der Waals surface area contributed by atoms with E-state index in [0.717, 1.165) is 38.6 Å². The fraction of sp³-hybridized carbons (Fsp3) is 0.515. The Balaban J connectivity index is 1.94. The molecule has 0 aliphatic heterocycles. The van der Waals surface area contributed by atoms with Crippen molar-refractivity contribution in [1.82, 2.24) is 0 Å². The van der Waals surface area contributed by atoms with Gasteiger partial charge in [-0.25, -0.2) is 0 Å². The van der Waals surface area contributed by atoms with Crippen LogP contribution in [0.3, 0.4) is 0 Å². The SMILES string of the molecule is CCC(COc1c2ccccc2c(OCC(CC)OC(=O)CC(C)C)c2cc(C)ccc12)OC(=O)CC(C)C. The Hall–Kier alpha value is -3.28. The Labute approximate surface area is 233 Å². The van der Waals surface area contributed by atoms with Gasteiger partial charge >= 0.3 is 11.9 Å². The third-order valence-corrected chi connectivity index (χ3v) is 6.56. The third kappa shape index (κ3) is 8.35. The van der Waals surface area contributed by atoms with E-state index in [9.17, 15) is 9.59 Å². The molecule has 0 saturated heterocycles. The van der Waals surface area contributed by atoms with Gasteiger partial charge in [-0.2, -0.15) is 0 Å². The van der Waals surface area contributed by atoms with Gasteiger partial charge in [0.15, 0.2) is 0 Å². The van der Waals surface area contributed by atoms with E-state index < -0.39 is 0 Å². The summed E-state index contributed by atoms with van der Waals surface area (Å²) < 4.78 is 24.3. The van der Waals surface area contributed by atoms with Crippen LogP contribution < -0.4 is 9.47 Å². The lowest BCUT2D eigenvalue weighted by Gasteiger charge is -2.22. The van der Waals surface area contributed by atoms with Crippen LogP contribution in [-0.4, -0.2) is 37.4 Å². The molecule has 0 aliphatic carbocycles. The predicted octanol–water partition coefficient (Wildman–Crippen LogP) is 7.79. The molecule has 0 fully saturated rings. The number of hydrogen-bond acceptors (Lipinski definition) is 6. The summed E-state index contributed by atoms with van der Waals surface area (Å²) in [5.74, 6) is 1.56. The number of aryl methyl sites for hydroxylation is 1. The van der Waals surface area contributed by atoms with Gasteiger partial charge in [0.2, 0.25) is 0 Å². The molecule has 2 atom stereocenters. The van der Waals surface area contributed by atoms with E-state index in [2.05, 4.69) is 12.1 Å². The molecule has 0 N–H and O–H groups in total. The van der Waals surface area contributed by atoms with Crippen molar-refractivity contribution in [2.75, 3.05) is 13.2 Å². The summed E-state index contributed by atoms with van der Waals surface area (Å²) in [6.45, 7) is 14.6. The zero-order valence-electron chi connectivity index (χ0n) is 24.5. The van der Waals surface area contributed by atoms with Gasteiger partial charge < -0.3 is 18.9 Å². The Kier molecular flexibility index (Phi) is 11.0. The summed E-state index contributed by atoms with van der Waals surface area (Å²) in [5.41, 5.74) is 1.10. The maximum atomic E-state index is 12.3. The average molecular weight is 537 g/mol. The third-order valence-electron chi connectivity index (χ3n) is 6.56. The number of carbonyl (C=O) groups is 2. The Bertz CT molecular complexity index is 1260. The molecule has 3 rings (SSSR count). The first kappa shape index (κ1) is 30.3. The molecule has 0 spiro atoms. The van der Waals surface area contributed by atoms with Crippen molar-refractivity contribution >= 4 is 33.5 Å². The Morgan fingerprint density at radius 1 is 0.667 bits per heavy atom. The minimum atomic E-state index is -0.336. The van der Waals surface area contributed by atoms with Crippen LogP contribution in [0.25, 0.3) is 21.5 Å².